The SMILES string of the molecule is CC1=C(c2ccc(Cl)cc2)CC(C2(C)CCN(c3ncnc4c3C=C(c3cnn(C(F)F)c3)C4)CC2)=N1. The van der Waals surface area contributed by atoms with Crippen LogP contribution in [0.3, 0.4) is 0 Å². The maximum atomic E-state index is 13.0. The topological polar surface area (TPSA) is 59.2 Å². The van der Waals surface area contributed by atoms with Gasteiger partial charge in [-0.3, -0.25) is 4.99 Å². The lowest BCUT2D eigenvalue weighted by molar-refractivity contribution is 0.0566. The Morgan fingerprint density at radius 3 is 2.49 bits per heavy atom. The first-order chi connectivity index (χ1) is 17.8. The van der Waals surface area contributed by atoms with Gasteiger partial charge < -0.3 is 4.90 Å². The Balaban J connectivity index is 1.17. The third kappa shape index (κ3) is 4.37. The van der Waals surface area contributed by atoms with E-state index in [9.17, 15) is 8.78 Å². The van der Waals surface area contributed by atoms with Crippen LogP contribution >= 0.6 is 11.6 Å². The number of benzene rings is 1. The second-order valence-electron chi connectivity index (χ2n) is 10.2. The fourth-order valence-corrected chi connectivity index (χ4v) is 5.71. The number of hydrogen-bond acceptors (Lipinski definition) is 5. The van der Waals surface area contributed by atoms with Crippen LogP contribution < -0.4 is 4.90 Å². The molecule has 0 spiro atoms. The zero-order valence-electron chi connectivity index (χ0n) is 20.8. The molecular formula is C28H27ClF2N6. The van der Waals surface area contributed by atoms with Crippen molar-refractivity contribution in [1.29, 1.82) is 0 Å². The van der Waals surface area contributed by atoms with E-state index < -0.39 is 6.55 Å². The Kier molecular flexibility index (Phi) is 5.94. The lowest BCUT2D eigenvalue weighted by atomic mass is 9.74. The monoisotopic (exact) mass is 520 g/mol. The first-order valence-electron chi connectivity index (χ1n) is 12.5. The molecule has 1 aromatic carbocycles. The molecule has 4 heterocycles. The van der Waals surface area contributed by atoms with Crippen molar-refractivity contribution in [2.75, 3.05) is 18.0 Å². The molecule has 0 radical (unpaired) electrons. The molecule has 0 atom stereocenters. The van der Waals surface area contributed by atoms with Gasteiger partial charge >= 0.3 is 6.55 Å². The van der Waals surface area contributed by atoms with Crippen LogP contribution in [0.5, 0.6) is 0 Å². The molecule has 3 aromatic rings. The molecule has 0 unspecified atom stereocenters. The Morgan fingerprint density at radius 2 is 1.78 bits per heavy atom. The van der Waals surface area contributed by atoms with Gasteiger partial charge in [-0.25, -0.2) is 14.6 Å². The minimum atomic E-state index is -2.65. The smallest absolute Gasteiger partial charge is 0.333 e. The van der Waals surface area contributed by atoms with Crippen LogP contribution in [0, 0.1) is 5.41 Å². The van der Waals surface area contributed by atoms with Gasteiger partial charge in [-0.05, 0) is 54.7 Å². The Hall–Kier alpha value is -3.39. The normalized spacial score (nSPS) is 18.9. The van der Waals surface area contributed by atoms with Crippen LogP contribution in [0.1, 0.15) is 62.0 Å². The molecule has 0 N–H and O–H groups in total. The molecule has 2 aromatic heterocycles. The van der Waals surface area contributed by atoms with Gasteiger partial charge in [-0.2, -0.15) is 13.9 Å². The van der Waals surface area contributed by atoms with Crippen LogP contribution in [0.4, 0.5) is 14.6 Å². The van der Waals surface area contributed by atoms with Crippen LogP contribution in [0.15, 0.2) is 53.7 Å². The van der Waals surface area contributed by atoms with Gasteiger partial charge in [0, 0.05) is 65.1 Å². The number of piperidine rings is 1. The second kappa shape index (κ2) is 9.17. The second-order valence-corrected chi connectivity index (χ2v) is 10.7. The number of aromatic nitrogens is 4. The third-order valence-corrected chi connectivity index (χ3v) is 8.19. The molecule has 6 nitrogen and oxygen atoms in total. The third-order valence-electron chi connectivity index (χ3n) is 7.93. The number of hydrogen-bond donors (Lipinski definition) is 0. The predicted octanol–water partition coefficient (Wildman–Crippen LogP) is 6.70. The van der Waals surface area contributed by atoms with Crippen molar-refractivity contribution in [2.24, 2.45) is 10.4 Å². The Bertz CT molecular complexity index is 1450. The van der Waals surface area contributed by atoms with Crippen molar-refractivity contribution < 1.29 is 8.78 Å². The maximum Gasteiger partial charge on any atom is 0.333 e. The molecule has 9 heteroatoms. The molecule has 0 amide bonds. The molecule has 3 aliphatic rings. The fraction of sp³-hybridized carbons (Fsp3) is 0.357. The summed E-state index contributed by atoms with van der Waals surface area (Å²) in [4.78, 5) is 16.5. The molecule has 1 saturated heterocycles. The summed E-state index contributed by atoms with van der Waals surface area (Å²) in [5, 5.41) is 4.52. The van der Waals surface area contributed by atoms with Crippen LogP contribution in [0.25, 0.3) is 17.2 Å². The van der Waals surface area contributed by atoms with E-state index in [1.54, 1.807) is 6.33 Å². The highest BCUT2D eigenvalue weighted by atomic mass is 35.5. The van der Waals surface area contributed by atoms with Crippen molar-refractivity contribution in [1.82, 2.24) is 19.7 Å². The van der Waals surface area contributed by atoms with Crippen molar-refractivity contribution in [3.63, 3.8) is 0 Å². The van der Waals surface area contributed by atoms with Gasteiger partial charge in [0.25, 0.3) is 0 Å². The zero-order valence-corrected chi connectivity index (χ0v) is 21.5. The molecule has 1 aliphatic carbocycles. The molecule has 2 aliphatic heterocycles. The van der Waals surface area contributed by atoms with E-state index in [1.807, 2.05) is 18.2 Å². The summed E-state index contributed by atoms with van der Waals surface area (Å²) in [5.74, 6) is 0.910. The van der Waals surface area contributed by atoms with Gasteiger partial charge in [-0.15, -0.1) is 0 Å². The van der Waals surface area contributed by atoms with Gasteiger partial charge in [0.2, 0.25) is 0 Å². The highest BCUT2D eigenvalue weighted by Crippen LogP contribution is 2.43. The number of allylic oxidation sites excluding steroid dienone is 3. The van der Waals surface area contributed by atoms with Gasteiger partial charge in [0.15, 0.2) is 0 Å². The number of rotatable bonds is 5. The van der Waals surface area contributed by atoms with Crippen molar-refractivity contribution in [3.8, 4) is 0 Å². The summed E-state index contributed by atoms with van der Waals surface area (Å²) in [6, 6.07) is 8.00. The van der Waals surface area contributed by atoms with Gasteiger partial charge in [0.05, 0.1) is 11.9 Å². The highest BCUT2D eigenvalue weighted by molar-refractivity contribution is 6.30. The average Bonchev–Trinajstić information content (AvgIpc) is 3.63. The van der Waals surface area contributed by atoms with Crippen LogP contribution in [-0.4, -0.2) is 38.5 Å². The molecule has 1 fully saturated rings. The minimum Gasteiger partial charge on any atom is -0.356 e. The van der Waals surface area contributed by atoms with Crippen molar-refractivity contribution in [2.45, 2.75) is 46.1 Å². The minimum absolute atomic E-state index is 0.0208. The number of alkyl halides is 2. The summed E-state index contributed by atoms with van der Waals surface area (Å²) in [7, 11) is 0. The number of anilines is 1. The summed E-state index contributed by atoms with van der Waals surface area (Å²) in [6.07, 6.45) is 9.91. The quantitative estimate of drug-likeness (QED) is 0.375. The number of aliphatic imine (C=N–C) groups is 1. The van der Waals surface area contributed by atoms with E-state index in [4.69, 9.17) is 16.6 Å². The fourth-order valence-electron chi connectivity index (χ4n) is 5.58. The molecule has 0 saturated carbocycles. The molecule has 37 heavy (non-hydrogen) atoms. The number of nitrogens with zero attached hydrogens (tertiary/aromatic N) is 6. The van der Waals surface area contributed by atoms with Gasteiger partial charge in [0.1, 0.15) is 12.1 Å². The zero-order chi connectivity index (χ0) is 25.7. The van der Waals surface area contributed by atoms with E-state index in [1.165, 1.54) is 29.2 Å². The lowest BCUT2D eigenvalue weighted by Gasteiger charge is -2.40. The number of fused-ring (bicyclic) bond motifs is 1. The van der Waals surface area contributed by atoms with Crippen molar-refractivity contribution >= 4 is 40.4 Å². The van der Waals surface area contributed by atoms with E-state index in [0.717, 1.165) is 65.7 Å². The summed E-state index contributed by atoms with van der Waals surface area (Å²) in [6.45, 7) is 3.49. The Labute approximate surface area is 219 Å². The van der Waals surface area contributed by atoms with Crippen LogP contribution in [-0.2, 0) is 6.42 Å². The summed E-state index contributed by atoms with van der Waals surface area (Å²) >= 11 is 6.09. The Morgan fingerprint density at radius 1 is 1.03 bits per heavy atom. The molecule has 0 bridgehead atoms. The first-order valence-corrected chi connectivity index (χ1v) is 12.8. The standard InChI is InChI=1S/C28H27ClF2N6/c1-17-22(18-3-5-21(29)6-4-18)13-25(35-17)28(2)7-9-36(10-8-28)26-23-11-19(12-24(23)32-16-33-26)20-14-34-37(15-20)27(30)31/h3-6,11,14-16,27H,7-10,12-13H2,1-2H3. The van der Waals surface area contributed by atoms with E-state index in [-0.39, 0.29) is 5.41 Å². The van der Waals surface area contributed by atoms with E-state index >= 15 is 0 Å². The van der Waals surface area contributed by atoms with Crippen LogP contribution in [0.2, 0.25) is 5.02 Å². The number of halogens is 3. The van der Waals surface area contributed by atoms with Gasteiger partial charge in [-0.1, -0.05) is 30.7 Å². The summed E-state index contributed by atoms with van der Waals surface area (Å²) < 4.78 is 26.7. The van der Waals surface area contributed by atoms with E-state index in [0.29, 0.717) is 16.7 Å². The maximum absolute atomic E-state index is 13.0. The van der Waals surface area contributed by atoms with Crippen molar-refractivity contribution in [3.05, 3.63) is 76.1 Å². The first kappa shape index (κ1) is 24.0. The highest BCUT2D eigenvalue weighted by Gasteiger charge is 2.38. The molecular weight excluding hydrogens is 494 g/mol. The lowest BCUT2D eigenvalue weighted by Crippen LogP contribution is -2.43. The predicted molar refractivity (Wildman–Crippen MR) is 143 cm³/mol. The average molecular weight is 521 g/mol. The molecule has 6 rings (SSSR count). The molecule has 190 valence electrons. The van der Waals surface area contributed by atoms with E-state index in [2.05, 4.69) is 45.9 Å². The largest absolute Gasteiger partial charge is 0.356 e. The summed E-state index contributed by atoms with van der Waals surface area (Å²) in [5.41, 5.74) is 8.33.